The second kappa shape index (κ2) is 9.69. The van der Waals surface area contributed by atoms with Gasteiger partial charge in [-0.25, -0.2) is 4.98 Å². The first-order valence-corrected chi connectivity index (χ1v) is 12.8. The van der Waals surface area contributed by atoms with Gasteiger partial charge in [-0.15, -0.1) is 0 Å². The Hall–Kier alpha value is -3.40. The lowest BCUT2D eigenvalue weighted by Crippen LogP contribution is -2.18. The van der Waals surface area contributed by atoms with Crippen LogP contribution in [0.5, 0.6) is 11.8 Å². The van der Waals surface area contributed by atoms with Crippen LogP contribution in [-0.4, -0.2) is 46.6 Å². The van der Waals surface area contributed by atoms with Crippen LogP contribution in [-0.2, 0) is 27.2 Å². The number of nitrogens with zero attached hydrogens (tertiary/aromatic N) is 4. The number of benzene rings is 2. The molecular formula is C21H22N5O7P2+. The van der Waals surface area contributed by atoms with Crippen LogP contribution in [0, 0.1) is 0 Å². The van der Waals surface area contributed by atoms with Crippen molar-refractivity contribution in [1.82, 2.24) is 19.5 Å². The summed E-state index contributed by atoms with van der Waals surface area (Å²) in [6, 6.07) is 12.5. The Kier molecular flexibility index (Phi) is 6.84. The molecular weight excluding hydrogens is 496 g/mol. The zero-order valence-electron chi connectivity index (χ0n) is 18.4. The molecule has 4 aromatic rings. The monoisotopic (exact) mass is 518 g/mol. The highest BCUT2D eigenvalue weighted by Gasteiger charge is 2.56. The van der Waals surface area contributed by atoms with Crippen molar-refractivity contribution in [2.45, 2.75) is 18.0 Å². The summed E-state index contributed by atoms with van der Waals surface area (Å²) in [5.74, 6) is 0.515. The second-order valence-electron chi connectivity index (χ2n) is 7.61. The molecule has 12 nitrogen and oxygen atoms in total. The number of anilines is 2. The zero-order chi connectivity index (χ0) is 25.2. The maximum Gasteiger partial charge on any atom is 0.412 e. The van der Waals surface area contributed by atoms with Crippen molar-refractivity contribution in [2.75, 3.05) is 12.4 Å². The van der Waals surface area contributed by atoms with E-state index in [1.165, 1.54) is 31.4 Å². The van der Waals surface area contributed by atoms with Crippen LogP contribution < -0.4 is 10.1 Å². The molecule has 2 aromatic heterocycles. The molecule has 0 spiro atoms. The van der Waals surface area contributed by atoms with Crippen LogP contribution >= 0.6 is 16.1 Å². The van der Waals surface area contributed by atoms with Gasteiger partial charge in [-0.3, -0.25) is 4.57 Å². The summed E-state index contributed by atoms with van der Waals surface area (Å²) in [4.78, 5) is 31.9. The number of aromatic hydroxyl groups is 1. The van der Waals surface area contributed by atoms with Crippen LogP contribution in [0.25, 0.3) is 11.2 Å². The number of imidazole rings is 1. The topological polar surface area (TPSA) is 180 Å². The predicted octanol–water partition coefficient (Wildman–Crippen LogP) is 2.83. The summed E-state index contributed by atoms with van der Waals surface area (Å²) >= 11 is 0. The van der Waals surface area contributed by atoms with Crippen molar-refractivity contribution >= 4 is 38.7 Å². The summed E-state index contributed by atoms with van der Waals surface area (Å²) in [6.07, 6.45) is 2.24. The fraction of sp³-hybridized carbons (Fsp3) is 0.190. The third-order valence-corrected chi connectivity index (χ3v) is 8.11. The Morgan fingerprint density at radius 2 is 1.91 bits per heavy atom. The number of methoxy groups -OCH3 is 1. The number of hydrogen-bond acceptors (Lipinski definition) is 9. The van der Waals surface area contributed by atoms with Gasteiger partial charge in [0.1, 0.15) is 5.75 Å². The lowest BCUT2D eigenvalue weighted by atomic mass is 10.1. The average Bonchev–Trinajstić information content (AvgIpc) is 3.25. The molecule has 14 heteroatoms. The summed E-state index contributed by atoms with van der Waals surface area (Å²) in [6.45, 7) is 0.533. The molecule has 0 radical (unpaired) electrons. The summed E-state index contributed by atoms with van der Waals surface area (Å²) in [5, 5.41) is 20.2. The Morgan fingerprint density at radius 1 is 1.17 bits per heavy atom. The molecule has 0 saturated heterocycles. The SMILES string of the molecule is COc1nc(Nc2ccc(C(O)([PH+]=O)P(=O)(O)O)cc2)c2ncn(CCc3cccc(O)c3)c2n1. The molecule has 4 rings (SSSR count). The number of aromatic nitrogens is 4. The molecule has 0 bridgehead atoms. The van der Waals surface area contributed by atoms with E-state index in [2.05, 4.69) is 20.3 Å². The van der Waals surface area contributed by atoms with E-state index >= 15 is 0 Å². The average molecular weight is 518 g/mol. The Bertz CT molecular complexity index is 1420. The molecule has 0 aliphatic heterocycles. The highest BCUT2D eigenvalue weighted by molar-refractivity contribution is 7.62. The van der Waals surface area contributed by atoms with Crippen LogP contribution in [0.4, 0.5) is 11.5 Å². The molecule has 5 N–H and O–H groups in total. The Morgan fingerprint density at radius 3 is 2.54 bits per heavy atom. The van der Waals surface area contributed by atoms with Crippen LogP contribution in [0.2, 0.25) is 0 Å². The molecule has 2 atom stereocenters. The molecule has 0 aliphatic rings. The number of rotatable bonds is 9. The van der Waals surface area contributed by atoms with Gasteiger partial charge in [-0.2, -0.15) is 9.97 Å². The minimum atomic E-state index is -5.09. The van der Waals surface area contributed by atoms with Gasteiger partial charge in [0, 0.05) is 17.8 Å². The molecule has 0 fully saturated rings. The highest BCUT2D eigenvalue weighted by atomic mass is 31.2. The van der Waals surface area contributed by atoms with Gasteiger partial charge in [0.15, 0.2) is 17.0 Å². The van der Waals surface area contributed by atoms with E-state index in [-0.39, 0.29) is 17.3 Å². The lowest BCUT2D eigenvalue weighted by Gasteiger charge is -2.16. The van der Waals surface area contributed by atoms with Crippen molar-refractivity contribution in [3.63, 3.8) is 0 Å². The van der Waals surface area contributed by atoms with Crippen molar-refractivity contribution in [2.24, 2.45) is 0 Å². The number of aryl methyl sites for hydroxylation is 2. The van der Waals surface area contributed by atoms with Crippen LogP contribution in [0.3, 0.4) is 0 Å². The first-order chi connectivity index (χ1) is 16.6. The number of ether oxygens (including phenoxy) is 1. The van der Waals surface area contributed by atoms with Gasteiger partial charge in [-0.1, -0.05) is 16.7 Å². The lowest BCUT2D eigenvalue weighted by molar-refractivity contribution is 0.168. The van der Waals surface area contributed by atoms with E-state index in [4.69, 9.17) is 4.74 Å². The molecule has 2 heterocycles. The van der Waals surface area contributed by atoms with Crippen molar-refractivity contribution < 1.29 is 33.9 Å². The minimum Gasteiger partial charge on any atom is -0.508 e. The molecule has 0 aliphatic carbocycles. The van der Waals surface area contributed by atoms with Crippen LogP contribution in [0.15, 0.2) is 54.9 Å². The van der Waals surface area contributed by atoms with Crippen molar-refractivity contribution in [1.29, 1.82) is 0 Å². The van der Waals surface area contributed by atoms with Gasteiger partial charge in [0.2, 0.25) is 0 Å². The van der Waals surface area contributed by atoms with E-state index in [0.29, 0.717) is 35.6 Å². The normalized spacial score (nSPS) is 13.6. The highest BCUT2D eigenvalue weighted by Crippen LogP contribution is 2.61. The first kappa shape index (κ1) is 24.7. The van der Waals surface area contributed by atoms with Crippen molar-refractivity contribution in [3.8, 4) is 11.8 Å². The predicted molar refractivity (Wildman–Crippen MR) is 128 cm³/mol. The number of phenols is 1. The fourth-order valence-electron chi connectivity index (χ4n) is 3.44. The van der Waals surface area contributed by atoms with Gasteiger partial charge >= 0.3 is 27.1 Å². The van der Waals surface area contributed by atoms with Crippen LogP contribution in [0.1, 0.15) is 11.1 Å². The smallest absolute Gasteiger partial charge is 0.412 e. The van der Waals surface area contributed by atoms with E-state index in [1.54, 1.807) is 24.5 Å². The molecule has 2 unspecified atom stereocenters. The molecule has 0 amide bonds. The fourth-order valence-corrected chi connectivity index (χ4v) is 4.68. The first-order valence-electron chi connectivity index (χ1n) is 10.2. The summed E-state index contributed by atoms with van der Waals surface area (Å²) in [7, 11) is -5.33. The van der Waals surface area contributed by atoms with E-state index < -0.39 is 21.1 Å². The van der Waals surface area contributed by atoms with E-state index in [0.717, 1.165) is 5.56 Å². The maximum absolute atomic E-state index is 11.6. The van der Waals surface area contributed by atoms with E-state index in [1.807, 2.05) is 10.6 Å². The molecule has 35 heavy (non-hydrogen) atoms. The second-order valence-corrected chi connectivity index (χ2v) is 10.7. The number of phenolic OH excluding ortho intramolecular Hbond substituents is 1. The van der Waals surface area contributed by atoms with Gasteiger partial charge in [-0.05, 0) is 48.4 Å². The minimum absolute atomic E-state index is 0.0964. The number of aliphatic hydroxyl groups is 1. The number of fused-ring (bicyclic) bond motifs is 1. The molecule has 0 saturated carbocycles. The number of nitrogens with one attached hydrogen (secondary N) is 1. The van der Waals surface area contributed by atoms with Gasteiger partial charge in [0.25, 0.3) is 0 Å². The standard InChI is InChI=1S/C21H21N5O7P2/c1-33-20-24-18(23-15-7-5-14(6-8-15)21(28,34-29)35(30,31)32)17-19(25-20)26(12-22-17)10-9-13-3-2-4-16(27)11-13/h2-8,11-12,27-28H,9-10H2,1H3,(H,23,24,25)(H2,30,31,32)/p+1. The Balaban J connectivity index is 1.62. The Labute approximate surface area is 200 Å². The quantitative estimate of drug-likeness (QED) is 0.206. The summed E-state index contributed by atoms with van der Waals surface area (Å²) in [5.41, 5.74) is 2.19. The van der Waals surface area contributed by atoms with Gasteiger partial charge in [0.05, 0.1) is 13.4 Å². The van der Waals surface area contributed by atoms with Gasteiger partial charge < -0.3 is 34.6 Å². The third-order valence-electron chi connectivity index (χ3n) is 5.29. The largest absolute Gasteiger partial charge is 0.508 e. The summed E-state index contributed by atoms with van der Waals surface area (Å²) < 4.78 is 30.0. The number of hydrogen-bond donors (Lipinski definition) is 5. The van der Waals surface area contributed by atoms with Crippen molar-refractivity contribution in [3.05, 3.63) is 66.0 Å². The third kappa shape index (κ3) is 5.02. The molecule has 182 valence electrons. The zero-order valence-corrected chi connectivity index (χ0v) is 20.3. The van der Waals surface area contributed by atoms with E-state index in [9.17, 15) is 29.1 Å². The molecule has 2 aromatic carbocycles. The maximum atomic E-state index is 11.6.